The van der Waals surface area contributed by atoms with E-state index in [9.17, 15) is 10.2 Å². The van der Waals surface area contributed by atoms with Crippen molar-refractivity contribution in [1.82, 2.24) is 4.90 Å². The van der Waals surface area contributed by atoms with Gasteiger partial charge in [0.25, 0.3) is 0 Å². The number of fused-ring (bicyclic) bond motifs is 5. The molecule has 3 aliphatic carbocycles. The normalized spacial score (nSPS) is 39.5. The Morgan fingerprint density at radius 1 is 1.12 bits per heavy atom. The van der Waals surface area contributed by atoms with Gasteiger partial charge in [-0.05, 0) is 105 Å². The standard InChI is InChI=1S/C23H33NO2/c1-23-9-8-17-18(20(23)6-7-22(23)26)5-4-15-13-21(25)16(12-19(15)17)14-24-10-2-3-11-24/h12-13,17-18,20,22,25-26H,2-11,14H2,1H3. The fourth-order valence-corrected chi connectivity index (χ4v) is 6.94. The van der Waals surface area contributed by atoms with Crippen molar-refractivity contribution in [2.75, 3.05) is 13.1 Å². The van der Waals surface area contributed by atoms with Crippen LogP contribution in [0.5, 0.6) is 5.75 Å². The van der Waals surface area contributed by atoms with Crippen LogP contribution in [0.25, 0.3) is 0 Å². The summed E-state index contributed by atoms with van der Waals surface area (Å²) in [6, 6.07) is 4.43. The third-order valence-electron chi connectivity index (χ3n) is 8.47. The van der Waals surface area contributed by atoms with Crippen LogP contribution >= 0.6 is 0 Å². The Morgan fingerprint density at radius 2 is 1.92 bits per heavy atom. The second kappa shape index (κ2) is 6.24. The monoisotopic (exact) mass is 355 g/mol. The highest BCUT2D eigenvalue weighted by Gasteiger charge is 2.54. The van der Waals surface area contributed by atoms with Gasteiger partial charge in [-0.15, -0.1) is 0 Å². The van der Waals surface area contributed by atoms with Gasteiger partial charge < -0.3 is 10.2 Å². The summed E-state index contributed by atoms with van der Waals surface area (Å²) in [6.45, 7) is 5.58. The van der Waals surface area contributed by atoms with Crippen molar-refractivity contribution in [3.63, 3.8) is 0 Å². The minimum atomic E-state index is -0.0969. The average molecular weight is 356 g/mol. The topological polar surface area (TPSA) is 43.7 Å². The number of benzene rings is 1. The third kappa shape index (κ3) is 2.54. The van der Waals surface area contributed by atoms with Crippen LogP contribution in [-0.2, 0) is 13.0 Å². The molecule has 3 heteroatoms. The molecule has 26 heavy (non-hydrogen) atoms. The molecule has 3 fully saturated rings. The molecule has 1 aromatic carbocycles. The number of rotatable bonds is 2. The molecular weight excluding hydrogens is 322 g/mol. The molecule has 3 nitrogen and oxygen atoms in total. The molecule has 1 aliphatic heterocycles. The number of aryl methyl sites for hydroxylation is 1. The maximum atomic E-state index is 10.6. The lowest BCUT2D eigenvalue weighted by atomic mass is 9.55. The summed E-state index contributed by atoms with van der Waals surface area (Å²) in [7, 11) is 0. The first-order valence-corrected chi connectivity index (χ1v) is 10.8. The maximum Gasteiger partial charge on any atom is 0.120 e. The molecule has 0 radical (unpaired) electrons. The molecule has 5 rings (SSSR count). The van der Waals surface area contributed by atoms with Gasteiger partial charge in [-0.3, -0.25) is 4.90 Å². The second-order valence-electron chi connectivity index (χ2n) is 9.72. The highest BCUT2D eigenvalue weighted by molar-refractivity contribution is 5.45. The molecule has 1 saturated heterocycles. The van der Waals surface area contributed by atoms with Gasteiger partial charge in [-0.25, -0.2) is 0 Å². The number of phenolic OH excluding ortho intramolecular Hbond substituents is 1. The van der Waals surface area contributed by atoms with Crippen LogP contribution in [0.1, 0.15) is 74.5 Å². The number of likely N-dealkylation sites (tertiary alicyclic amines) is 1. The van der Waals surface area contributed by atoms with Crippen LogP contribution < -0.4 is 0 Å². The summed E-state index contributed by atoms with van der Waals surface area (Å²) >= 11 is 0. The van der Waals surface area contributed by atoms with Crippen LogP contribution in [0.15, 0.2) is 12.1 Å². The summed E-state index contributed by atoms with van der Waals surface area (Å²) in [5, 5.41) is 21.2. The number of aliphatic hydroxyl groups is 1. The van der Waals surface area contributed by atoms with Gasteiger partial charge in [0, 0.05) is 12.1 Å². The van der Waals surface area contributed by atoms with Gasteiger partial charge in [-0.2, -0.15) is 0 Å². The minimum absolute atomic E-state index is 0.0969. The Labute approximate surface area is 157 Å². The third-order valence-corrected chi connectivity index (χ3v) is 8.47. The van der Waals surface area contributed by atoms with Gasteiger partial charge >= 0.3 is 0 Å². The molecule has 0 aromatic heterocycles. The summed E-state index contributed by atoms with van der Waals surface area (Å²) < 4.78 is 0. The summed E-state index contributed by atoms with van der Waals surface area (Å²) in [5.41, 5.74) is 4.19. The van der Waals surface area contributed by atoms with E-state index in [0.29, 0.717) is 17.6 Å². The van der Waals surface area contributed by atoms with Gasteiger partial charge in [0.2, 0.25) is 0 Å². The van der Waals surface area contributed by atoms with Crippen molar-refractivity contribution in [3.8, 4) is 5.75 Å². The minimum Gasteiger partial charge on any atom is -0.508 e. The van der Waals surface area contributed by atoms with E-state index in [1.54, 1.807) is 0 Å². The van der Waals surface area contributed by atoms with Crippen molar-refractivity contribution >= 4 is 0 Å². The van der Waals surface area contributed by atoms with Crippen molar-refractivity contribution in [3.05, 3.63) is 28.8 Å². The van der Waals surface area contributed by atoms with Gasteiger partial charge in [0.15, 0.2) is 0 Å². The lowest BCUT2D eigenvalue weighted by molar-refractivity contribution is -0.0226. The summed E-state index contributed by atoms with van der Waals surface area (Å²) in [6.07, 6.45) is 9.36. The smallest absolute Gasteiger partial charge is 0.120 e. The van der Waals surface area contributed by atoms with Crippen LogP contribution in [0.4, 0.5) is 0 Å². The average Bonchev–Trinajstić information content (AvgIpc) is 3.24. The highest BCUT2D eigenvalue weighted by Crippen LogP contribution is 2.61. The molecule has 0 spiro atoms. The molecule has 1 heterocycles. The van der Waals surface area contributed by atoms with Crippen molar-refractivity contribution in [2.45, 2.75) is 76.9 Å². The number of phenols is 1. The number of aliphatic hydroxyl groups excluding tert-OH is 1. The Balaban J connectivity index is 1.46. The SMILES string of the molecule is CC12CCC3c4cc(CN5CCCC5)c(O)cc4CCC3C1CCC2O. The number of hydrogen-bond acceptors (Lipinski definition) is 3. The van der Waals surface area contributed by atoms with E-state index in [1.807, 2.05) is 0 Å². The van der Waals surface area contributed by atoms with Crippen LogP contribution in [0, 0.1) is 17.3 Å². The molecule has 1 aromatic rings. The van der Waals surface area contributed by atoms with Crippen molar-refractivity contribution in [2.24, 2.45) is 17.3 Å². The fourth-order valence-electron chi connectivity index (χ4n) is 6.94. The van der Waals surface area contributed by atoms with E-state index < -0.39 is 0 Å². The van der Waals surface area contributed by atoms with E-state index in [2.05, 4.69) is 24.0 Å². The zero-order valence-electron chi connectivity index (χ0n) is 16.1. The molecule has 0 bridgehead atoms. The lowest BCUT2D eigenvalue weighted by Gasteiger charge is -2.50. The first-order valence-electron chi connectivity index (χ1n) is 10.8. The van der Waals surface area contributed by atoms with E-state index in [1.165, 1.54) is 56.3 Å². The Kier molecular flexibility index (Phi) is 4.09. The van der Waals surface area contributed by atoms with Gasteiger partial charge in [-0.1, -0.05) is 13.0 Å². The predicted octanol–water partition coefficient (Wildman–Crippen LogP) is 4.21. The fraction of sp³-hybridized carbons (Fsp3) is 0.739. The number of aromatic hydroxyl groups is 1. The molecule has 0 amide bonds. The number of nitrogens with zero attached hydrogens (tertiary/aromatic N) is 1. The van der Waals surface area contributed by atoms with Crippen LogP contribution in [0.2, 0.25) is 0 Å². The van der Waals surface area contributed by atoms with Crippen LogP contribution in [0.3, 0.4) is 0 Å². The Morgan fingerprint density at radius 3 is 2.73 bits per heavy atom. The number of hydrogen-bond donors (Lipinski definition) is 2. The second-order valence-corrected chi connectivity index (χ2v) is 9.72. The summed E-state index contributed by atoms with van der Waals surface area (Å²) in [4.78, 5) is 2.48. The highest BCUT2D eigenvalue weighted by atomic mass is 16.3. The van der Waals surface area contributed by atoms with E-state index >= 15 is 0 Å². The molecule has 2 saturated carbocycles. The molecule has 2 N–H and O–H groups in total. The van der Waals surface area contributed by atoms with E-state index in [4.69, 9.17) is 0 Å². The lowest BCUT2D eigenvalue weighted by Crippen LogP contribution is -2.44. The maximum absolute atomic E-state index is 10.6. The Hall–Kier alpha value is -1.06. The van der Waals surface area contributed by atoms with E-state index in [0.717, 1.165) is 37.3 Å². The Bertz CT molecular complexity index is 696. The van der Waals surface area contributed by atoms with E-state index in [-0.39, 0.29) is 11.5 Å². The molecule has 5 unspecified atom stereocenters. The zero-order chi connectivity index (χ0) is 17.9. The largest absolute Gasteiger partial charge is 0.508 e. The van der Waals surface area contributed by atoms with Crippen LogP contribution in [-0.4, -0.2) is 34.3 Å². The predicted molar refractivity (Wildman–Crippen MR) is 103 cm³/mol. The molecular formula is C23H33NO2. The first kappa shape index (κ1) is 17.1. The quantitative estimate of drug-likeness (QED) is 0.835. The zero-order valence-corrected chi connectivity index (χ0v) is 16.1. The van der Waals surface area contributed by atoms with Gasteiger partial charge in [0.1, 0.15) is 5.75 Å². The van der Waals surface area contributed by atoms with Crippen molar-refractivity contribution < 1.29 is 10.2 Å². The first-order chi connectivity index (χ1) is 12.6. The van der Waals surface area contributed by atoms with Crippen molar-refractivity contribution in [1.29, 1.82) is 0 Å². The molecule has 4 aliphatic rings. The molecule has 5 atom stereocenters. The van der Waals surface area contributed by atoms with Gasteiger partial charge in [0.05, 0.1) is 6.10 Å². The molecule has 142 valence electrons. The summed E-state index contributed by atoms with van der Waals surface area (Å²) in [5.74, 6) is 2.55.